The van der Waals surface area contributed by atoms with Crippen molar-refractivity contribution in [2.24, 2.45) is 0 Å². The molecule has 0 fully saturated rings. The van der Waals surface area contributed by atoms with E-state index < -0.39 is 25.4 Å². The average molecular weight is 293 g/mol. The van der Waals surface area contributed by atoms with Crippen molar-refractivity contribution < 1.29 is 20.1 Å². The SMILES string of the molecule is O=C(CCc1nc2ccccc2[nH]1)NC(CO)(CO)CO. The van der Waals surface area contributed by atoms with Crippen LogP contribution in [-0.2, 0) is 11.2 Å². The number of aromatic nitrogens is 2. The van der Waals surface area contributed by atoms with E-state index in [0.29, 0.717) is 12.2 Å². The van der Waals surface area contributed by atoms with E-state index in [9.17, 15) is 4.79 Å². The van der Waals surface area contributed by atoms with Crippen LogP contribution >= 0.6 is 0 Å². The van der Waals surface area contributed by atoms with Gasteiger partial charge in [-0.25, -0.2) is 4.98 Å². The highest BCUT2D eigenvalue weighted by Crippen LogP contribution is 2.11. The molecule has 1 heterocycles. The standard InChI is InChI=1S/C14H19N3O4/c18-7-14(8-19,9-20)17-13(21)6-5-12-15-10-3-1-2-4-11(10)16-12/h1-4,18-20H,5-9H2,(H,15,16)(H,17,21). The molecular formula is C14H19N3O4. The first kappa shape index (κ1) is 15.4. The minimum atomic E-state index is -1.38. The quantitative estimate of drug-likeness (QED) is 0.464. The number of benzene rings is 1. The van der Waals surface area contributed by atoms with Gasteiger partial charge in [-0.15, -0.1) is 0 Å². The second-order valence-electron chi connectivity index (χ2n) is 5.00. The van der Waals surface area contributed by atoms with Gasteiger partial charge in [-0.05, 0) is 12.1 Å². The molecule has 0 saturated carbocycles. The predicted molar refractivity (Wildman–Crippen MR) is 76.5 cm³/mol. The second kappa shape index (κ2) is 6.66. The van der Waals surface area contributed by atoms with Gasteiger partial charge in [0, 0.05) is 12.8 Å². The Hall–Kier alpha value is -1.96. The van der Waals surface area contributed by atoms with Crippen LogP contribution in [0.2, 0.25) is 0 Å². The van der Waals surface area contributed by atoms with Gasteiger partial charge >= 0.3 is 0 Å². The van der Waals surface area contributed by atoms with E-state index >= 15 is 0 Å². The van der Waals surface area contributed by atoms with Crippen molar-refractivity contribution in [1.82, 2.24) is 15.3 Å². The number of rotatable bonds is 7. The molecule has 21 heavy (non-hydrogen) atoms. The predicted octanol–water partition coefficient (Wildman–Crippen LogP) is -0.673. The van der Waals surface area contributed by atoms with E-state index in [2.05, 4.69) is 15.3 Å². The van der Waals surface area contributed by atoms with Crippen molar-refractivity contribution in [3.05, 3.63) is 30.1 Å². The Morgan fingerprint density at radius 2 is 1.86 bits per heavy atom. The van der Waals surface area contributed by atoms with E-state index in [1.54, 1.807) is 0 Å². The summed E-state index contributed by atoms with van der Waals surface area (Å²) in [5.74, 6) is 0.321. The van der Waals surface area contributed by atoms with Gasteiger partial charge < -0.3 is 25.6 Å². The summed E-state index contributed by atoms with van der Waals surface area (Å²) in [5.41, 5.74) is 0.358. The van der Waals surface area contributed by atoms with E-state index in [1.807, 2.05) is 24.3 Å². The summed E-state index contributed by atoms with van der Waals surface area (Å²) in [4.78, 5) is 19.3. The summed E-state index contributed by atoms with van der Waals surface area (Å²) in [6.07, 6.45) is 0.542. The fraction of sp³-hybridized carbons (Fsp3) is 0.429. The van der Waals surface area contributed by atoms with E-state index in [0.717, 1.165) is 11.0 Å². The van der Waals surface area contributed by atoms with Crippen LogP contribution in [0.25, 0.3) is 11.0 Å². The molecule has 1 aromatic heterocycles. The van der Waals surface area contributed by atoms with Crippen LogP contribution in [0.15, 0.2) is 24.3 Å². The number of hydrogen-bond donors (Lipinski definition) is 5. The fourth-order valence-corrected chi connectivity index (χ4v) is 1.98. The van der Waals surface area contributed by atoms with Crippen LogP contribution in [0, 0.1) is 0 Å². The molecule has 2 rings (SSSR count). The number of H-pyrrole nitrogens is 1. The zero-order valence-corrected chi connectivity index (χ0v) is 11.5. The number of aliphatic hydroxyl groups is 3. The van der Waals surface area contributed by atoms with Crippen LogP contribution in [0.3, 0.4) is 0 Å². The van der Waals surface area contributed by atoms with Gasteiger partial charge in [-0.1, -0.05) is 12.1 Å². The number of para-hydroxylation sites is 2. The number of aryl methyl sites for hydroxylation is 1. The fourth-order valence-electron chi connectivity index (χ4n) is 1.98. The molecule has 0 bridgehead atoms. The molecule has 7 heteroatoms. The molecule has 2 aromatic rings. The number of fused-ring (bicyclic) bond motifs is 1. The first-order valence-electron chi connectivity index (χ1n) is 6.70. The maximum Gasteiger partial charge on any atom is 0.221 e. The molecule has 114 valence electrons. The third kappa shape index (κ3) is 3.57. The van der Waals surface area contributed by atoms with Crippen molar-refractivity contribution in [3.8, 4) is 0 Å². The first-order valence-corrected chi connectivity index (χ1v) is 6.70. The molecular weight excluding hydrogens is 274 g/mol. The Balaban J connectivity index is 1.94. The molecule has 0 radical (unpaired) electrons. The Kier molecular flexibility index (Phi) is 4.89. The van der Waals surface area contributed by atoms with E-state index in [-0.39, 0.29) is 12.3 Å². The van der Waals surface area contributed by atoms with Gasteiger partial charge in [0.1, 0.15) is 11.4 Å². The number of aliphatic hydroxyl groups excluding tert-OH is 3. The van der Waals surface area contributed by atoms with Crippen molar-refractivity contribution in [2.45, 2.75) is 18.4 Å². The van der Waals surface area contributed by atoms with Crippen molar-refractivity contribution in [2.75, 3.05) is 19.8 Å². The Bertz CT molecular complexity index is 566. The highest BCUT2D eigenvalue weighted by Gasteiger charge is 2.29. The number of carbonyl (C=O) groups is 1. The number of nitrogens with zero attached hydrogens (tertiary/aromatic N) is 1. The number of imidazole rings is 1. The molecule has 0 aliphatic rings. The summed E-state index contributed by atoms with van der Waals surface area (Å²) >= 11 is 0. The number of aromatic amines is 1. The lowest BCUT2D eigenvalue weighted by Crippen LogP contribution is -2.57. The number of hydrogen-bond acceptors (Lipinski definition) is 5. The van der Waals surface area contributed by atoms with Gasteiger partial charge in [0.05, 0.1) is 30.9 Å². The molecule has 0 unspecified atom stereocenters. The average Bonchev–Trinajstić information content (AvgIpc) is 2.94. The minimum absolute atomic E-state index is 0.140. The zero-order chi connectivity index (χ0) is 15.3. The summed E-state index contributed by atoms with van der Waals surface area (Å²) in [5, 5.41) is 29.9. The molecule has 1 amide bonds. The molecule has 0 atom stereocenters. The summed E-state index contributed by atoms with van der Waals surface area (Å²) in [6, 6.07) is 7.57. The first-order chi connectivity index (χ1) is 10.1. The van der Waals surface area contributed by atoms with Gasteiger partial charge in [0.15, 0.2) is 0 Å². The maximum absolute atomic E-state index is 11.8. The third-order valence-corrected chi connectivity index (χ3v) is 3.34. The Morgan fingerprint density at radius 3 is 2.48 bits per heavy atom. The van der Waals surface area contributed by atoms with Crippen LogP contribution < -0.4 is 5.32 Å². The van der Waals surface area contributed by atoms with Gasteiger partial charge in [0.2, 0.25) is 5.91 Å². The molecule has 5 N–H and O–H groups in total. The normalized spacial score (nSPS) is 11.8. The Morgan fingerprint density at radius 1 is 1.19 bits per heavy atom. The van der Waals surface area contributed by atoms with E-state index in [1.165, 1.54) is 0 Å². The topological polar surface area (TPSA) is 118 Å². The number of carbonyl (C=O) groups excluding carboxylic acids is 1. The second-order valence-corrected chi connectivity index (χ2v) is 5.00. The lowest BCUT2D eigenvalue weighted by Gasteiger charge is -2.28. The van der Waals surface area contributed by atoms with Crippen LogP contribution in [0.5, 0.6) is 0 Å². The van der Waals surface area contributed by atoms with Crippen LogP contribution in [0.4, 0.5) is 0 Å². The molecule has 7 nitrogen and oxygen atoms in total. The molecule has 0 aliphatic heterocycles. The number of amides is 1. The van der Waals surface area contributed by atoms with Gasteiger partial charge in [-0.3, -0.25) is 4.79 Å². The molecule has 0 spiro atoms. The Labute approximate surface area is 121 Å². The molecule has 0 saturated heterocycles. The molecule has 0 aliphatic carbocycles. The smallest absolute Gasteiger partial charge is 0.221 e. The van der Waals surface area contributed by atoms with Crippen molar-refractivity contribution >= 4 is 16.9 Å². The highest BCUT2D eigenvalue weighted by atomic mass is 16.3. The summed E-state index contributed by atoms with van der Waals surface area (Å²) < 4.78 is 0. The molecule has 1 aromatic carbocycles. The van der Waals surface area contributed by atoms with Crippen LogP contribution in [-0.4, -0.2) is 56.6 Å². The van der Waals surface area contributed by atoms with Gasteiger partial charge in [0.25, 0.3) is 0 Å². The van der Waals surface area contributed by atoms with Crippen LogP contribution in [0.1, 0.15) is 12.2 Å². The summed E-state index contributed by atoms with van der Waals surface area (Å²) in [6.45, 7) is -1.59. The van der Waals surface area contributed by atoms with Gasteiger partial charge in [-0.2, -0.15) is 0 Å². The monoisotopic (exact) mass is 293 g/mol. The van der Waals surface area contributed by atoms with Crippen molar-refractivity contribution in [1.29, 1.82) is 0 Å². The zero-order valence-electron chi connectivity index (χ0n) is 11.5. The lowest BCUT2D eigenvalue weighted by atomic mass is 10.0. The van der Waals surface area contributed by atoms with Crippen molar-refractivity contribution in [3.63, 3.8) is 0 Å². The number of nitrogens with one attached hydrogen (secondary N) is 2. The largest absolute Gasteiger partial charge is 0.394 e. The minimum Gasteiger partial charge on any atom is -0.394 e. The maximum atomic E-state index is 11.8. The summed E-state index contributed by atoms with van der Waals surface area (Å²) in [7, 11) is 0. The highest BCUT2D eigenvalue weighted by molar-refractivity contribution is 5.78. The van der Waals surface area contributed by atoms with E-state index in [4.69, 9.17) is 15.3 Å². The lowest BCUT2D eigenvalue weighted by molar-refractivity contribution is -0.125. The third-order valence-electron chi connectivity index (χ3n) is 3.34.